The average Bonchev–Trinajstić information content (AvgIpc) is 2.97. The van der Waals surface area contributed by atoms with E-state index in [0.717, 1.165) is 5.69 Å². The number of hydrogen-bond donors (Lipinski definition) is 1. The Balaban J connectivity index is 1.84. The van der Waals surface area contributed by atoms with Crippen molar-refractivity contribution in [1.29, 1.82) is 0 Å². The summed E-state index contributed by atoms with van der Waals surface area (Å²) >= 11 is 0. The third-order valence-corrected chi connectivity index (χ3v) is 2.61. The summed E-state index contributed by atoms with van der Waals surface area (Å²) in [6, 6.07) is 9.83. The van der Waals surface area contributed by atoms with E-state index >= 15 is 0 Å². The van der Waals surface area contributed by atoms with Gasteiger partial charge in [0, 0.05) is 18.9 Å². The van der Waals surface area contributed by atoms with Crippen LogP contribution in [0.15, 0.2) is 49.1 Å². The Hall–Kier alpha value is -2.80. The predicted molar refractivity (Wildman–Crippen MR) is 71.4 cm³/mol. The molecule has 0 amide bonds. The number of aromatic nitrogens is 5. The zero-order chi connectivity index (χ0) is 13.8. The summed E-state index contributed by atoms with van der Waals surface area (Å²) in [5, 5.41) is 4.23. The van der Waals surface area contributed by atoms with Crippen LogP contribution in [0.2, 0.25) is 0 Å². The monoisotopic (exact) mass is 268 g/mol. The first-order valence-corrected chi connectivity index (χ1v) is 6.01. The molecule has 7 heteroatoms. The molecule has 0 radical (unpaired) electrons. The average molecular weight is 268 g/mol. The van der Waals surface area contributed by atoms with Gasteiger partial charge in [0.1, 0.15) is 12.0 Å². The molecule has 2 N–H and O–H groups in total. The summed E-state index contributed by atoms with van der Waals surface area (Å²) in [5.41, 5.74) is 7.03. The highest BCUT2D eigenvalue weighted by Gasteiger charge is 2.09. The maximum absolute atomic E-state index is 5.57. The molecule has 0 unspecified atom stereocenters. The van der Waals surface area contributed by atoms with Gasteiger partial charge >= 0.3 is 6.01 Å². The van der Waals surface area contributed by atoms with Crippen LogP contribution < -0.4 is 10.5 Å². The second-order valence-electron chi connectivity index (χ2n) is 3.92. The van der Waals surface area contributed by atoms with E-state index in [0.29, 0.717) is 11.6 Å². The third-order valence-electron chi connectivity index (χ3n) is 2.61. The maximum Gasteiger partial charge on any atom is 0.342 e. The number of rotatable bonds is 4. The Labute approximate surface area is 115 Å². The molecule has 0 bridgehead atoms. The van der Waals surface area contributed by atoms with Gasteiger partial charge in [-0.25, -0.2) is 9.67 Å². The summed E-state index contributed by atoms with van der Waals surface area (Å²) in [6.07, 6.45) is 4.66. The Bertz CT molecular complexity index is 697. The standard InChI is InChI=1S/C13H12N6O/c14-8-11-12(16-7-6-15-11)20-13-17-9-19(18-13)10-4-2-1-3-5-10/h1-7,9H,8,14H2. The van der Waals surface area contributed by atoms with E-state index in [-0.39, 0.29) is 12.6 Å². The SMILES string of the molecule is NCc1nccnc1Oc1ncn(-c2ccccc2)n1. The lowest BCUT2D eigenvalue weighted by Gasteiger charge is -2.03. The molecule has 0 atom stereocenters. The fourth-order valence-corrected chi connectivity index (χ4v) is 1.67. The zero-order valence-electron chi connectivity index (χ0n) is 10.5. The van der Waals surface area contributed by atoms with E-state index in [4.69, 9.17) is 10.5 Å². The molecule has 0 saturated carbocycles. The highest BCUT2D eigenvalue weighted by molar-refractivity contribution is 5.30. The van der Waals surface area contributed by atoms with Crippen LogP contribution in [0.1, 0.15) is 5.69 Å². The third kappa shape index (κ3) is 2.47. The molecular formula is C13H12N6O. The normalized spacial score (nSPS) is 10.4. The number of para-hydroxylation sites is 1. The molecule has 0 aliphatic heterocycles. The highest BCUT2D eigenvalue weighted by Crippen LogP contribution is 2.18. The fourth-order valence-electron chi connectivity index (χ4n) is 1.67. The van der Waals surface area contributed by atoms with Crippen molar-refractivity contribution < 1.29 is 4.74 Å². The van der Waals surface area contributed by atoms with Crippen molar-refractivity contribution in [3.8, 4) is 17.6 Å². The molecule has 20 heavy (non-hydrogen) atoms. The van der Waals surface area contributed by atoms with Gasteiger partial charge in [-0.2, -0.15) is 4.98 Å². The predicted octanol–water partition coefficient (Wildman–Crippen LogP) is 1.31. The lowest BCUT2D eigenvalue weighted by Crippen LogP contribution is -2.04. The molecule has 100 valence electrons. The van der Waals surface area contributed by atoms with Gasteiger partial charge < -0.3 is 10.5 Å². The van der Waals surface area contributed by atoms with Gasteiger partial charge in [-0.1, -0.05) is 18.2 Å². The first-order valence-electron chi connectivity index (χ1n) is 6.01. The topological polar surface area (TPSA) is 91.7 Å². The maximum atomic E-state index is 5.57. The molecule has 3 aromatic rings. The van der Waals surface area contributed by atoms with Crippen molar-refractivity contribution >= 4 is 0 Å². The van der Waals surface area contributed by atoms with E-state index in [9.17, 15) is 0 Å². The van der Waals surface area contributed by atoms with Crippen molar-refractivity contribution in [3.05, 3.63) is 54.7 Å². The Morgan fingerprint density at radius 3 is 2.65 bits per heavy atom. The smallest absolute Gasteiger partial charge is 0.342 e. The quantitative estimate of drug-likeness (QED) is 0.767. The number of ether oxygens (including phenoxy) is 1. The second kappa shape index (κ2) is 5.45. The molecule has 0 fully saturated rings. The van der Waals surface area contributed by atoms with E-state index in [1.165, 1.54) is 6.20 Å². The first-order chi connectivity index (χ1) is 9.86. The minimum absolute atomic E-state index is 0.198. The number of benzene rings is 1. The van der Waals surface area contributed by atoms with Gasteiger partial charge in [0.2, 0.25) is 5.88 Å². The summed E-state index contributed by atoms with van der Waals surface area (Å²) in [5.74, 6) is 0.320. The fraction of sp³-hybridized carbons (Fsp3) is 0.0769. The molecule has 3 rings (SSSR count). The van der Waals surface area contributed by atoms with E-state index in [2.05, 4.69) is 20.1 Å². The number of hydrogen-bond acceptors (Lipinski definition) is 6. The largest absolute Gasteiger partial charge is 0.402 e. The van der Waals surface area contributed by atoms with E-state index in [1.807, 2.05) is 30.3 Å². The molecule has 0 spiro atoms. The van der Waals surface area contributed by atoms with Crippen LogP contribution in [0.4, 0.5) is 0 Å². The lowest BCUT2D eigenvalue weighted by atomic mass is 10.3. The van der Waals surface area contributed by atoms with Gasteiger partial charge in [-0.15, -0.1) is 5.10 Å². The van der Waals surface area contributed by atoms with E-state index < -0.39 is 0 Å². The summed E-state index contributed by atoms with van der Waals surface area (Å²) < 4.78 is 7.12. The highest BCUT2D eigenvalue weighted by atomic mass is 16.5. The summed E-state index contributed by atoms with van der Waals surface area (Å²) in [6.45, 7) is 0.239. The second-order valence-corrected chi connectivity index (χ2v) is 3.92. The summed E-state index contributed by atoms with van der Waals surface area (Å²) in [4.78, 5) is 12.2. The number of nitrogens with zero attached hydrogens (tertiary/aromatic N) is 5. The molecule has 0 saturated heterocycles. The Morgan fingerprint density at radius 1 is 1.05 bits per heavy atom. The van der Waals surface area contributed by atoms with Gasteiger partial charge in [0.05, 0.1) is 5.69 Å². The van der Waals surface area contributed by atoms with Crippen molar-refractivity contribution in [1.82, 2.24) is 24.7 Å². The van der Waals surface area contributed by atoms with Gasteiger partial charge in [0.15, 0.2) is 0 Å². The van der Waals surface area contributed by atoms with Crippen molar-refractivity contribution in [2.75, 3.05) is 0 Å². The van der Waals surface area contributed by atoms with Crippen LogP contribution in [-0.4, -0.2) is 24.7 Å². The van der Waals surface area contributed by atoms with Crippen LogP contribution >= 0.6 is 0 Å². The Morgan fingerprint density at radius 2 is 1.85 bits per heavy atom. The molecule has 2 aromatic heterocycles. The Kier molecular flexibility index (Phi) is 3.34. The number of nitrogens with two attached hydrogens (primary N) is 1. The minimum Gasteiger partial charge on any atom is -0.402 e. The molecule has 0 aliphatic rings. The minimum atomic E-state index is 0.198. The molecular weight excluding hydrogens is 256 g/mol. The van der Waals surface area contributed by atoms with Gasteiger partial charge in [-0.05, 0) is 12.1 Å². The molecule has 0 aliphatic carbocycles. The van der Waals surface area contributed by atoms with Crippen LogP contribution in [-0.2, 0) is 6.54 Å². The van der Waals surface area contributed by atoms with Crippen LogP contribution in [0.3, 0.4) is 0 Å². The molecule has 1 aromatic carbocycles. The lowest BCUT2D eigenvalue weighted by molar-refractivity contribution is 0.416. The van der Waals surface area contributed by atoms with Gasteiger partial charge in [-0.3, -0.25) is 4.98 Å². The molecule has 7 nitrogen and oxygen atoms in total. The summed E-state index contributed by atoms with van der Waals surface area (Å²) in [7, 11) is 0. The zero-order valence-corrected chi connectivity index (χ0v) is 10.5. The first kappa shape index (κ1) is 12.2. The van der Waals surface area contributed by atoms with Crippen molar-refractivity contribution in [2.45, 2.75) is 6.54 Å². The molecule has 2 heterocycles. The van der Waals surface area contributed by atoms with Crippen molar-refractivity contribution in [2.24, 2.45) is 5.73 Å². The van der Waals surface area contributed by atoms with Crippen LogP contribution in [0.25, 0.3) is 5.69 Å². The van der Waals surface area contributed by atoms with E-state index in [1.54, 1.807) is 17.2 Å². The van der Waals surface area contributed by atoms with Crippen molar-refractivity contribution in [3.63, 3.8) is 0 Å². The van der Waals surface area contributed by atoms with Crippen LogP contribution in [0.5, 0.6) is 11.9 Å². The van der Waals surface area contributed by atoms with Gasteiger partial charge in [0.25, 0.3) is 0 Å². The van der Waals surface area contributed by atoms with Crippen LogP contribution in [0, 0.1) is 0 Å².